The second-order valence-corrected chi connectivity index (χ2v) is 5.46. The van der Waals surface area contributed by atoms with Crippen molar-refractivity contribution in [3.05, 3.63) is 60.4 Å². The normalized spacial score (nSPS) is 15.6. The number of nitrogens with one attached hydrogen (secondary N) is 1. The lowest BCUT2D eigenvalue weighted by molar-refractivity contribution is -0.130. The zero-order valence-corrected chi connectivity index (χ0v) is 13.2. The lowest BCUT2D eigenvalue weighted by Crippen LogP contribution is -2.43. The molecule has 2 heterocycles. The van der Waals surface area contributed by atoms with Crippen LogP contribution in [0.1, 0.15) is 5.82 Å². The molecule has 25 heavy (non-hydrogen) atoms. The van der Waals surface area contributed by atoms with Gasteiger partial charge in [-0.25, -0.2) is 0 Å². The van der Waals surface area contributed by atoms with Crippen LogP contribution in [-0.2, 0) is 11.3 Å². The minimum atomic E-state index is -0.713. The van der Waals surface area contributed by atoms with Crippen LogP contribution in [0.15, 0.2) is 59.1 Å². The van der Waals surface area contributed by atoms with Gasteiger partial charge in [0.15, 0.2) is 17.3 Å². The number of hydrogen-bond donors (Lipinski definition) is 1. The minimum absolute atomic E-state index is 0.149. The van der Waals surface area contributed by atoms with Gasteiger partial charge >= 0.3 is 0 Å². The third kappa shape index (κ3) is 3.30. The lowest BCUT2D eigenvalue weighted by atomic mass is 10.2. The molecule has 1 aliphatic rings. The zero-order chi connectivity index (χ0) is 17.1. The minimum Gasteiger partial charge on any atom is -0.485 e. The van der Waals surface area contributed by atoms with Gasteiger partial charge < -0.3 is 19.3 Å². The summed E-state index contributed by atoms with van der Waals surface area (Å²) in [6, 6.07) is 16.7. The summed E-state index contributed by atoms with van der Waals surface area (Å²) in [6.45, 7) is 0.307. The molecule has 2 aromatic carbocycles. The van der Waals surface area contributed by atoms with Gasteiger partial charge in [0.05, 0.1) is 6.54 Å². The highest BCUT2D eigenvalue weighted by Crippen LogP contribution is 2.30. The summed E-state index contributed by atoms with van der Waals surface area (Å²) in [6.07, 6.45) is -0.713. The molecule has 0 saturated carbocycles. The van der Waals surface area contributed by atoms with Gasteiger partial charge in [-0.1, -0.05) is 35.5 Å². The molecule has 0 fully saturated rings. The monoisotopic (exact) mass is 337 g/mol. The molecule has 0 spiro atoms. The van der Waals surface area contributed by atoms with E-state index in [9.17, 15) is 4.79 Å². The van der Waals surface area contributed by atoms with E-state index < -0.39 is 6.10 Å². The van der Waals surface area contributed by atoms with Crippen LogP contribution >= 0.6 is 0 Å². The van der Waals surface area contributed by atoms with Crippen molar-refractivity contribution in [3.8, 4) is 23.0 Å². The van der Waals surface area contributed by atoms with Crippen LogP contribution in [-0.4, -0.2) is 28.8 Å². The molecular formula is C18H15N3O4. The molecule has 1 N–H and O–H groups in total. The van der Waals surface area contributed by atoms with Gasteiger partial charge in [-0.05, 0) is 24.3 Å². The largest absolute Gasteiger partial charge is 0.485 e. The smallest absolute Gasteiger partial charge is 0.265 e. The van der Waals surface area contributed by atoms with E-state index in [1.54, 1.807) is 12.1 Å². The van der Waals surface area contributed by atoms with E-state index in [1.807, 2.05) is 42.5 Å². The number of para-hydroxylation sites is 2. The third-order valence-electron chi connectivity index (χ3n) is 3.71. The van der Waals surface area contributed by atoms with Crippen LogP contribution in [0.5, 0.6) is 11.5 Å². The van der Waals surface area contributed by atoms with Gasteiger partial charge in [0.1, 0.15) is 6.61 Å². The summed E-state index contributed by atoms with van der Waals surface area (Å²) in [5.74, 6) is 1.71. The molecular weight excluding hydrogens is 322 g/mol. The predicted octanol–water partition coefficient (Wildman–Crippen LogP) is 2.19. The number of hydrogen-bond acceptors (Lipinski definition) is 6. The molecule has 4 rings (SSSR count). The van der Waals surface area contributed by atoms with Gasteiger partial charge in [0, 0.05) is 5.56 Å². The Hall–Kier alpha value is -3.35. The van der Waals surface area contributed by atoms with Gasteiger partial charge in [0.25, 0.3) is 11.8 Å². The van der Waals surface area contributed by atoms with E-state index >= 15 is 0 Å². The highest BCUT2D eigenvalue weighted by molar-refractivity contribution is 5.81. The van der Waals surface area contributed by atoms with E-state index in [0.717, 1.165) is 5.56 Å². The number of carbonyl (C=O) groups excluding carboxylic acids is 1. The number of amides is 1. The number of carbonyl (C=O) groups is 1. The topological polar surface area (TPSA) is 86.5 Å². The highest BCUT2D eigenvalue weighted by atomic mass is 16.6. The predicted molar refractivity (Wildman–Crippen MR) is 87.9 cm³/mol. The van der Waals surface area contributed by atoms with Crippen molar-refractivity contribution in [1.82, 2.24) is 15.5 Å². The fraction of sp³-hybridized carbons (Fsp3) is 0.167. The van der Waals surface area contributed by atoms with Gasteiger partial charge in [-0.2, -0.15) is 4.98 Å². The van der Waals surface area contributed by atoms with Crippen LogP contribution in [0.4, 0.5) is 0 Å². The number of rotatable bonds is 4. The lowest BCUT2D eigenvalue weighted by Gasteiger charge is -2.25. The van der Waals surface area contributed by atoms with Crippen LogP contribution in [0, 0.1) is 0 Å². The van der Waals surface area contributed by atoms with E-state index in [0.29, 0.717) is 23.2 Å². The summed E-state index contributed by atoms with van der Waals surface area (Å²) >= 11 is 0. The number of benzene rings is 2. The molecule has 0 bridgehead atoms. The van der Waals surface area contributed by atoms with Crippen molar-refractivity contribution in [2.24, 2.45) is 0 Å². The number of ether oxygens (including phenoxy) is 2. The van der Waals surface area contributed by atoms with Crippen molar-refractivity contribution in [2.45, 2.75) is 12.6 Å². The van der Waals surface area contributed by atoms with Crippen molar-refractivity contribution in [1.29, 1.82) is 0 Å². The number of fused-ring (bicyclic) bond motifs is 1. The zero-order valence-electron chi connectivity index (χ0n) is 13.2. The van der Waals surface area contributed by atoms with Gasteiger partial charge in [-0.15, -0.1) is 0 Å². The molecule has 1 aliphatic heterocycles. The summed E-state index contributed by atoms with van der Waals surface area (Å²) < 4.78 is 16.4. The highest BCUT2D eigenvalue weighted by Gasteiger charge is 2.27. The van der Waals surface area contributed by atoms with Crippen LogP contribution < -0.4 is 14.8 Å². The summed E-state index contributed by atoms with van der Waals surface area (Å²) in [4.78, 5) is 16.5. The second kappa shape index (κ2) is 6.64. The quantitative estimate of drug-likeness (QED) is 0.785. The maximum atomic E-state index is 12.3. The second-order valence-electron chi connectivity index (χ2n) is 5.46. The Morgan fingerprint density at radius 3 is 2.68 bits per heavy atom. The van der Waals surface area contributed by atoms with E-state index in [-0.39, 0.29) is 19.1 Å². The summed E-state index contributed by atoms with van der Waals surface area (Å²) in [5.41, 5.74) is 0.827. The Kier molecular flexibility index (Phi) is 4.04. The molecule has 1 atom stereocenters. The Morgan fingerprint density at radius 1 is 1.08 bits per heavy atom. The molecule has 0 aliphatic carbocycles. The van der Waals surface area contributed by atoms with E-state index in [2.05, 4.69) is 15.5 Å². The van der Waals surface area contributed by atoms with E-state index in [1.165, 1.54) is 0 Å². The third-order valence-corrected chi connectivity index (χ3v) is 3.71. The van der Waals surface area contributed by atoms with Crippen LogP contribution in [0.3, 0.4) is 0 Å². The number of nitrogens with zero attached hydrogens (tertiary/aromatic N) is 2. The first-order chi connectivity index (χ1) is 12.3. The molecule has 3 aromatic rings. The summed E-state index contributed by atoms with van der Waals surface area (Å²) in [7, 11) is 0. The first-order valence-electron chi connectivity index (χ1n) is 7.84. The Balaban J connectivity index is 1.36. The Bertz CT molecular complexity index is 879. The van der Waals surface area contributed by atoms with Crippen molar-refractivity contribution >= 4 is 5.91 Å². The molecule has 1 amide bonds. The molecule has 0 radical (unpaired) electrons. The first kappa shape index (κ1) is 15.2. The van der Waals surface area contributed by atoms with Crippen LogP contribution in [0.25, 0.3) is 11.5 Å². The average Bonchev–Trinajstić information content (AvgIpc) is 3.15. The molecule has 1 unspecified atom stereocenters. The van der Waals surface area contributed by atoms with Crippen LogP contribution in [0.2, 0.25) is 0 Å². The summed E-state index contributed by atoms with van der Waals surface area (Å²) in [5, 5.41) is 6.61. The molecule has 7 heteroatoms. The fourth-order valence-corrected chi connectivity index (χ4v) is 2.45. The van der Waals surface area contributed by atoms with Crippen molar-refractivity contribution in [2.75, 3.05) is 6.61 Å². The maximum absolute atomic E-state index is 12.3. The number of aromatic nitrogens is 2. The van der Waals surface area contributed by atoms with Crippen molar-refractivity contribution < 1.29 is 18.8 Å². The molecule has 0 saturated heterocycles. The van der Waals surface area contributed by atoms with E-state index in [4.69, 9.17) is 14.0 Å². The van der Waals surface area contributed by atoms with Gasteiger partial charge in [0.2, 0.25) is 6.10 Å². The Morgan fingerprint density at radius 2 is 1.84 bits per heavy atom. The Labute approximate surface area is 143 Å². The molecule has 1 aromatic heterocycles. The fourth-order valence-electron chi connectivity index (χ4n) is 2.45. The molecule has 126 valence electrons. The maximum Gasteiger partial charge on any atom is 0.265 e. The standard InChI is InChI=1S/C18H15N3O4/c22-17(15-11-23-13-8-4-5-9-14(13)24-15)19-10-16-20-18(25-21-16)12-6-2-1-3-7-12/h1-9,15H,10-11H2,(H,19,22). The first-order valence-corrected chi connectivity index (χ1v) is 7.84. The average molecular weight is 337 g/mol. The SMILES string of the molecule is O=C(NCc1noc(-c2ccccc2)n1)C1COc2ccccc2O1. The molecule has 7 nitrogen and oxygen atoms in total. The van der Waals surface area contributed by atoms with Crippen molar-refractivity contribution in [3.63, 3.8) is 0 Å². The van der Waals surface area contributed by atoms with Gasteiger partial charge in [-0.3, -0.25) is 4.79 Å².